The van der Waals surface area contributed by atoms with E-state index in [0.717, 1.165) is 0 Å². The van der Waals surface area contributed by atoms with Crippen LogP contribution in [0.15, 0.2) is 47.3 Å². The van der Waals surface area contributed by atoms with Crippen molar-refractivity contribution in [2.75, 3.05) is 18.0 Å². The van der Waals surface area contributed by atoms with Gasteiger partial charge in [-0.15, -0.1) is 0 Å². The number of carbonyl (C=O) groups is 1. The number of aromatic nitrogens is 3. The highest BCUT2D eigenvalue weighted by atomic mass is 19.1. The molecule has 8 heteroatoms. The molecule has 1 amide bonds. The molecule has 0 saturated carbocycles. The molecular weight excluding hydrogens is 349 g/mol. The molecular formula is C19H18FN5O2. The van der Waals surface area contributed by atoms with E-state index in [1.807, 2.05) is 11.8 Å². The number of pyridine rings is 1. The van der Waals surface area contributed by atoms with Crippen LogP contribution >= 0.6 is 0 Å². The number of benzene rings is 1. The molecule has 3 aromatic rings. The SMILES string of the molecule is C[C@@H]1CN(c2cccc(F)n2)C[C@H]1NC(=O)c1n[nH]c(=O)c2ccccc12. The Morgan fingerprint density at radius 1 is 1.19 bits per heavy atom. The normalized spacial score (nSPS) is 19.4. The number of anilines is 1. The molecule has 1 aliphatic heterocycles. The van der Waals surface area contributed by atoms with E-state index >= 15 is 0 Å². The van der Waals surface area contributed by atoms with E-state index in [9.17, 15) is 14.0 Å². The van der Waals surface area contributed by atoms with Gasteiger partial charge in [-0.3, -0.25) is 9.59 Å². The number of halogens is 1. The molecule has 2 atom stereocenters. The minimum atomic E-state index is -0.531. The quantitative estimate of drug-likeness (QED) is 0.688. The van der Waals surface area contributed by atoms with Crippen molar-refractivity contribution in [2.24, 2.45) is 5.92 Å². The van der Waals surface area contributed by atoms with Crippen molar-refractivity contribution < 1.29 is 9.18 Å². The fourth-order valence-corrected chi connectivity index (χ4v) is 3.44. The van der Waals surface area contributed by atoms with E-state index in [1.165, 1.54) is 6.07 Å². The van der Waals surface area contributed by atoms with E-state index < -0.39 is 5.95 Å². The fraction of sp³-hybridized carbons (Fsp3) is 0.263. The van der Waals surface area contributed by atoms with Gasteiger partial charge >= 0.3 is 0 Å². The number of amides is 1. The molecule has 7 nitrogen and oxygen atoms in total. The number of H-pyrrole nitrogens is 1. The molecule has 27 heavy (non-hydrogen) atoms. The van der Waals surface area contributed by atoms with Crippen LogP contribution in [-0.2, 0) is 0 Å². The topological polar surface area (TPSA) is 91.0 Å². The van der Waals surface area contributed by atoms with Gasteiger partial charge in [0.05, 0.1) is 11.4 Å². The van der Waals surface area contributed by atoms with Gasteiger partial charge in [-0.25, -0.2) is 10.1 Å². The van der Waals surface area contributed by atoms with Gasteiger partial charge in [-0.05, 0) is 24.1 Å². The highest BCUT2D eigenvalue weighted by molar-refractivity contribution is 6.04. The molecule has 0 unspecified atom stereocenters. The maximum Gasteiger partial charge on any atom is 0.272 e. The molecule has 0 bridgehead atoms. The van der Waals surface area contributed by atoms with Gasteiger partial charge in [-0.1, -0.05) is 31.2 Å². The lowest BCUT2D eigenvalue weighted by molar-refractivity contribution is 0.0929. The second kappa shape index (κ2) is 6.79. The van der Waals surface area contributed by atoms with Crippen LogP contribution in [0.1, 0.15) is 17.4 Å². The minimum absolute atomic E-state index is 0.143. The molecule has 0 spiro atoms. The van der Waals surface area contributed by atoms with E-state index in [-0.39, 0.29) is 29.1 Å². The average molecular weight is 367 g/mol. The highest BCUT2D eigenvalue weighted by Crippen LogP contribution is 2.23. The van der Waals surface area contributed by atoms with E-state index in [1.54, 1.807) is 36.4 Å². The summed E-state index contributed by atoms with van der Waals surface area (Å²) in [6, 6.07) is 11.4. The number of carbonyl (C=O) groups excluding carboxylic acids is 1. The molecule has 2 N–H and O–H groups in total. The first-order valence-electron chi connectivity index (χ1n) is 8.68. The van der Waals surface area contributed by atoms with Gasteiger partial charge in [0.15, 0.2) is 5.69 Å². The van der Waals surface area contributed by atoms with Gasteiger partial charge in [0, 0.05) is 18.5 Å². The van der Waals surface area contributed by atoms with Crippen molar-refractivity contribution in [1.82, 2.24) is 20.5 Å². The van der Waals surface area contributed by atoms with Crippen LogP contribution in [0.2, 0.25) is 0 Å². The van der Waals surface area contributed by atoms with Crippen molar-refractivity contribution >= 4 is 22.5 Å². The van der Waals surface area contributed by atoms with Crippen molar-refractivity contribution in [3.05, 3.63) is 64.5 Å². The molecule has 1 aromatic carbocycles. The second-order valence-electron chi connectivity index (χ2n) is 6.73. The van der Waals surface area contributed by atoms with Crippen molar-refractivity contribution in [2.45, 2.75) is 13.0 Å². The number of nitrogens with one attached hydrogen (secondary N) is 2. The molecule has 3 heterocycles. The molecule has 0 radical (unpaired) electrons. The largest absolute Gasteiger partial charge is 0.354 e. The Hall–Kier alpha value is -3.29. The Kier molecular flexibility index (Phi) is 4.31. The molecule has 2 aromatic heterocycles. The summed E-state index contributed by atoms with van der Waals surface area (Å²) in [4.78, 5) is 30.5. The number of aromatic amines is 1. The monoisotopic (exact) mass is 367 g/mol. The first-order valence-corrected chi connectivity index (χ1v) is 8.68. The zero-order valence-electron chi connectivity index (χ0n) is 14.6. The van der Waals surface area contributed by atoms with Crippen LogP contribution in [0.4, 0.5) is 10.2 Å². The van der Waals surface area contributed by atoms with Crippen molar-refractivity contribution in [3.63, 3.8) is 0 Å². The number of hydrogen-bond donors (Lipinski definition) is 2. The summed E-state index contributed by atoms with van der Waals surface area (Å²) in [5, 5.41) is 10.2. The maximum atomic E-state index is 13.4. The predicted molar refractivity (Wildman–Crippen MR) is 99.2 cm³/mol. The summed E-state index contributed by atoms with van der Waals surface area (Å²) in [5.41, 5.74) is -0.153. The standard InChI is InChI=1S/C19H18FN5O2/c1-11-9-25(16-8-4-7-15(20)22-16)10-14(11)21-19(27)17-12-5-2-3-6-13(12)18(26)24-23-17/h2-8,11,14H,9-10H2,1H3,(H,21,27)(H,24,26)/t11-,14-/m1/s1. The summed E-state index contributed by atoms with van der Waals surface area (Å²) in [5.74, 6) is -0.191. The molecule has 1 saturated heterocycles. The molecule has 1 aliphatic rings. The summed E-state index contributed by atoms with van der Waals surface area (Å²) in [6.07, 6.45) is 0. The number of nitrogens with zero attached hydrogens (tertiary/aromatic N) is 3. The maximum absolute atomic E-state index is 13.4. The third-order valence-corrected chi connectivity index (χ3v) is 4.86. The van der Waals surface area contributed by atoms with E-state index in [2.05, 4.69) is 20.5 Å². The van der Waals surface area contributed by atoms with Crippen molar-refractivity contribution in [1.29, 1.82) is 0 Å². The zero-order chi connectivity index (χ0) is 19.0. The summed E-state index contributed by atoms with van der Waals surface area (Å²) in [7, 11) is 0. The minimum Gasteiger partial charge on any atom is -0.354 e. The number of fused-ring (bicyclic) bond motifs is 1. The smallest absolute Gasteiger partial charge is 0.272 e. The van der Waals surface area contributed by atoms with Crippen LogP contribution in [0, 0.1) is 11.9 Å². The highest BCUT2D eigenvalue weighted by Gasteiger charge is 2.32. The van der Waals surface area contributed by atoms with Gasteiger partial charge < -0.3 is 10.2 Å². The number of rotatable bonds is 3. The van der Waals surface area contributed by atoms with Crippen LogP contribution in [-0.4, -0.2) is 40.2 Å². The zero-order valence-corrected chi connectivity index (χ0v) is 14.6. The van der Waals surface area contributed by atoms with Gasteiger partial charge in [0.2, 0.25) is 5.95 Å². The Morgan fingerprint density at radius 3 is 2.74 bits per heavy atom. The summed E-state index contributed by atoms with van der Waals surface area (Å²) < 4.78 is 13.4. The first kappa shape index (κ1) is 17.1. The third-order valence-electron chi connectivity index (χ3n) is 4.86. The lowest BCUT2D eigenvalue weighted by atomic mass is 10.1. The van der Waals surface area contributed by atoms with Crippen LogP contribution < -0.4 is 15.8 Å². The van der Waals surface area contributed by atoms with E-state index in [4.69, 9.17) is 0 Å². The Bertz CT molecular complexity index is 1070. The Labute approximate surface area is 154 Å². The molecule has 0 aliphatic carbocycles. The van der Waals surface area contributed by atoms with E-state index in [0.29, 0.717) is 29.7 Å². The lowest BCUT2D eigenvalue weighted by Crippen LogP contribution is -2.40. The van der Waals surface area contributed by atoms with Gasteiger partial charge in [0.25, 0.3) is 11.5 Å². The second-order valence-corrected chi connectivity index (χ2v) is 6.73. The summed E-state index contributed by atoms with van der Waals surface area (Å²) >= 11 is 0. The van der Waals surface area contributed by atoms with Gasteiger partial charge in [0.1, 0.15) is 5.82 Å². The van der Waals surface area contributed by atoms with Crippen LogP contribution in [0.25, 0.3) is 10.8 Å². The summed E-state index contributed by atoms with van der Waals surface area (Å²) in [6.45, 7) is 3.19. The van der Waals surface area contributed by atoms with Crippen LogP contribution in [0.3, 0.4) is 0 Å². The molecule has 1 fully saturated rings. The van der Waals surface area contributed by atoms with Crippen LogP contribution in [0.5, 0.6) is 0 Å². The fourth-order valence-electron chi connectivity index (χ4n) is 3.44. The van der Waals surface area contributed by atoms with Crippen molar-refractivity contribution in [3.8, 4) is 0 Å². The molecule has 138 valence electrons. The van der Waals surface area contributed by atoms with Gasteiger partial charge in [-0.2, -0.15) is 9.49 Å². The average Bonchev–Trinajstić information content (AvgIpc) is 3.03. The third kappa shape index (κ3) is 3.25. The first-order chi connectivity index (χ1) is 13.0. The molecule has 4 rings (SSSR count). The lowest BCUT2D eigenvalue weighted by Gasteiger charge is -2.18. The Morgan fingerprint density at radius 2 is 1.96 bits per heavy atom. The predicted octanol–water partition coefficient (Wildman–Crippen LogP) is 1.71. The number of hydrogen-bond acceptors (Lipinski definition) is 5. The Balaban J connectivity index is 1.55.